The number of anilines is 3. The topological polar surface area (TPSA) is 70.7 Å². The van der Waals surface area contributed by atoms with E-state index in [4.69, 9.17) is 4.74 Å². The molecule has 1 unspecified atom stereocenters. The fourth-order valence-electron chi connectivity index (χ4n) is 4.04. The van der Waals surface area contributed by atoms with E-state index in [1.165, 1.54) is 16.8 Å². The van der Waals surface area contributed by atoms with Crippen molar-refractivity contribution in [3.63, 3.8) is 0 Å². The van der Waals surface area contributed by atoms with Gasteiger partial charge in [0.05, 0.1) is 23.0 Å². The predicted octanol–water partition coefficient (Wildman–Crippen LogP) is 5.46. The van der Waals surface area contributed by atoms with E-state index in [0.717, 1.165) is 17.8 Å². The average molecular weight is 474 g/mol. The Bertz CT molecular complexity index is 1080. The van der Waals surface area contributed by atoms with E-state index >= 15 is 0 Å². The maximum atomic E-state index is 12.4. The number of hydrogen-bond acceptors (Lipinski definition) is 5. The molecule has 1 fully saturated rings. The highest BCUT2D eigenvalue weighted by atomic mass is 32.2. The molecule has 1 aliphatic rings. The van der Waals surface area contributed by atoms with Gasteiger partial charge in [-0.05, 0) is 96.3 Å². The third kappa shape index (κ3) is 5.64. The first-order chi connectivity index (χ1) is 15.3. The van der Waals surface area contributed by atoms with Gasteiger partial charge < -0.3 is 15.0 Å². The van der Waals surface area contributed by atoms with Crippen molar-refractivity contribution in [3.05, 3.63) is 53.1 Å². The Morgan fingerprint density at radius 2 is 1.64 bits per heavy atom. The summed E-state index contributed by atoms with van der Waals surface area (Å²) in [7, 11) is -3.43. The first-order valence-electron chi connectivity index (χ1n) is 11.7. The van der Waals surface area contributed by atoms with Gasteiger partial charge in [0.1, 0.15) is 0 Å². The SMILES string of the molecule is Cc1c(NCc2ccc(NS(=O)(=O)C(C)(C)C)cc2)ccc(N2C[C@H](C)O[C@H](C)C2C)c1C. The van der Waals surface area contributed by atoms with Gasteiger partial charge in [0.15, 0.2) is 0 Å². The summed E-state index contributed by atoms with van der Waals surface area (Å²) in [5.74, 6) is 0. The van der Waals surface area contributed by atoms with Crippen molar-refractivity contribution < 1.29 is 13.2 Å². The van der Waals surface area contributed by atoms with Gasteiger partial charge in [-0.2, -0.15) is 0 Å². The number of sulfonamides is 1. The van der Waals surface area contributed by atoms with Crippen molar-refractivity contribution in [1.82, 2.24) is 0 Å². The number of benzene rings is 2. The normalized spacial score (nSPS) is 21.7. The van der Waals surface area contributed by atoms with Gasteiger partial charge in [0.25, 0.3) is 0 Å². The van der Waals surface area contributed by atoms with Gasteiger partial charge in [0, 0.05) is 30.2 Å². The van der Waals surface area contributed by atoms with Crippen molar-refractivity contribution in [3.8, 4) is 0 Å². The van der Waals surface area contributed by atoms with Crippen LogP contribution in [0.25, 0.3) is 0 Å². The molecule has 1 aliphatic heterocycles. The lowest BCUT2D eigenvalue weighted by Crippen LogP contribution is -2.52. The summed E-state index contributed by atoms with van der Waals surface area (Å²) in [6.07, 6.45) is 0.409. The van der Waals surface area contributed by atoms with Gasteiger partial charge >= 0.3 is 0 Å². The molecule has 0 saturated carbocycles. The van der Waals surface area contributed by atoms with E-state index in [1.807, 2.05) is 24.3 Å². The van der Waals surface area contributed by atoms with Crippen molar-refractivity contribution in [1.29, 1.82) is 0 Å². The summed E-state index contributed by atoms with van der Waals surface area (Å²) in [6, 6.07) is 12.2. The van der Waals surface area contributed by atoms with Crippen LogP contribution in [0.2, 0.25) is 0 Å². The molecule has 7 heteroatoms. The van der Waals surface area contributed by atoms with E-state index in [2.05, 4.69) is 61.7 Å². The quantitative estimate of drug-likeness (QED) is 0.583. The standard InChI is InChI=1S/C26H39N3O3S/c1-17-16-29(20(4)21(5)32-17)25-14-13-24(18(2)19(25)3)27-15-22-9-11-23(12-10-22)28-33(30,31)26(6,7)8/h9-14,17,20-21,27-28H,15-16H2,1-8H3/t17-,20?,21+/m0/s1. The molecular formula is C26H39N3O3S. The summed E-state index contributed by atoms with van der Waals surface area (Å²) >= 11 is 0. The Kier molecular flexibility index (Phi) is 7.34. The first kappa shape index (κ1) is 25.4. The predicted molar refractivity (Wildman–Crippen MR) is 139 cm³/mol. The van der Waals surface area contributed by atoms with Crippen LogP contribution >= 0.6 is 0 Å². The van der Waals surface area contributed by atoms with E-state index in [-0.39, 0.29) is 12.2 Å². The second-order valence-electron chi connectivity index (χ2n) is 10.2. The van der Waals surface area contributed by atoms with Crippen molar-refractivity contribution in [2.75, 3.05) is 21.5 Å². The number of rotatable bonds is 6. The molecule has 182 valence electrons. The lowest BCUT2D eigenvalue weighted by Gasteiger charge is -2.43. The molecule has 0 spiro atoms. The molecule has 0 amide bonds. The first-order valence-corrected chi connectivity index (χ1v) is 13.2. The van der Waals surface area contributed by atoms with E-state index in [0.29, 0.717) is 18.3 Å². The Morgan fingerprint density at radius 3 is 2.24 bits per heavy atom. The highest BCUT2D eigenvalue weighted by Crippen LogP contribution is 2.33. The monoisotopic (exact) mass is 473 g/mol. The van der Waals surface area contributed by atoms with Crippen LogP contribution in [0.1, 0.15) is 58.2 Å². The minimum absolute atomic E-state index is 0.196. The summed E-state index contributed by atoms with van der Waals surface area (Å²) in [5.41, 5.74) is 6.55. The van der Waals surface area contributed by atoms with Gasteiger partial charge in [-0.15, -0.1) is 0 Å². The summed E-state index contributed by atoms with van der Waals surface area (Å²) < 4.78 is 32.5. The van der Waals surface area contributed by atoms with Gasteiger partial charge in [-0.1, -0.05) is 12.1 Å². The molecular weight excluding hydrogens is 434 g/mol. The molecule has 0 bridgehead atoms. The zero-order chi connectivity index (χ0) is 24.6. The summed E-state index contributed by atoms with van der Waals surface area (Å²) in [5, 5.41) is 3.54. The van der Waals surface area contributed by atoms with Crippen LogP contribution in [0.3, 0.4) is 0 Å². The van der Waals surface area contributed by atoms with Crippen molar-refractivity contribution >= 4 is 27.1 Å². The van der Waals surface area contributed by atoms with Gasteiger partial charge in [-0.25, -0.2) is 8.42 Å². The number of ether oxygens (including phenoxy) is 1. The zero-order valence-corrected chi connectivity index (χ0v) is 22.0. The molecule has 0 radical (unpaired) electrons. The summed E-state index contributed by atoms with van der Waals surface area (Å²) in [6.45, 7) is 17.4. The summed E-state index contributed by atoms with van der Waals surface area (Å²) in [4.78, 5) is 2.46. The molecule has 2 aromatic rings. The minimum atomic E-state index is -3.43. The largest absolute Gasteiger partial charge is 0.381 e. The van der Waals surface area contributed by atoms with Gasteiger partial charge in [-0.3, -0.25) is 4.72 Å². The number of hydrogen-bond donors (Lipinski definition) is 2. The second kappa shape index (κ2) is 9.55. The smallest absolute Gasteiger partial charge is 0.237 e. The van der Waals surface area contributed by atoms with Crippen LogP contribution in [-0.4, -0.2) is 38.0 Å². The fourth-order valence-corrected chi connectivity index (χ4v) is 4.80. The van der Waals surface area contributed by atoms with Crippen LogP contribution in [-0.2, 0) is 21.3 Å². The lowest BCUT2D eigenvalue weighted by atomic mass is 10.0. The lowest BCUT2D eigenvalue weighted by molar-refractivity contribution is -0.0258. The molecule has 2 N–H and O–H groups in total. The number of morpholine rings is 1. The third-order valence-electron chi connectivity index (χ3n) is 6.64. The Labute approximate surface area is 199 Å². The Hall–Kier alpha value is -2.25. The van der Waals surface area contributed by atoms with Crippen LogP contribution in [0.5, 0.6) is 0 Å². The number of nitrogens with one attached hydrogen (secondary N) is 2. The molecule has 1 heterocycles. The minimum Gasteiger partial charge on any atom is -0.381 e. The fraction of sp³-hybridized carbons (Fsp3) is 0.538. The van der Waals surface area contributed by atoms with Crippen LogP contribution in [0.4, 0.5) is 17.1 Å². The van der Waals surface area contributed by atoms with Crippen molar-refractivity contribution in [2.24, 2.45) is 0 Å². The highest BCUT2D eigenvalue weighted by molar-refractivity contribution is 7.94. The van der Waals surface area contributed by atoms with Crippen LogP contribution in [0.15, 0.2) is 36.4 Å². The molecule has 33 heavy (non-hydrogen) atoms. The van der Waals surface area contributed by atoms with Crippen LogP contribution in [0, 0.1) is 13.8 Å². The maximum absolute atomic E-state index is 12.4. The Balaban J connectivity index is 1.69. The zero-order valence-electron chi connectivity index (χ0n) is 21.2. The van der Waals surface area contributed by atoms with Gasteiger partial charge in [0.2, 0.25) is 10.0 Å². The molecule has 3 rings (SSSR count). The molecule has 1 saturated heterocycles. The molecule has 2 aromatic carbocycles. The van der Waals surface area contributed by atoms with E-state index in [9.17, 15) is 8.42 Å². The van der Waals surface area contributed by atoms with Crippen molar-refractivity contribution in [2.45, 2.75) is 84.9 Å². The molecule has 6 nitrogen and oxygen atoms in total. The van der Waals surface area contributed by atoms with E-state index in [1.54, 1.807) is 20.8 Å². The molecule has 3 atom stereocenters. The maximum Gasteiger partial charge on any atom is 0.237 e. The second-order valence-corrected chi connectivity index (χ2v) is 12.6. The Morgan fingerprint density at radius 1 is 1.00 bits per heavy atom. The average Bonchev–Trinajstić information content (AvgIpc) is 2.72. The molecule has 0 aliphatic carbocycles. The number of nitrogens with zero attached hydrogens (tertiary/aromatic N) is 1. The third-order valence-corrected chi connectivity index (χ3v) is 8.75. The molecule has 0 aromatic heterocycles. The van der Waals surface area contributed by atoms with Crippen LogP contribution < -0.4 is 14.9 Å². The van der Waals surface area contributed by atoms with E-state index < -0.39 is 14.8 Å². The highest BCUT2D eigenvalue weighted by Gasteiger charge is 2.31.